The molecule has 0 unspecified atom stereocenters. The van der Waals surface area contributed by atoms with E-state index >= 15 is 0 Å². The van der Waals surface area contributed by atoms with E-state index in [0.717, 1.165) is 40.9 Å². The zero-order chi connectivity index (χ0) is 27.9. The third kappa shape index (κ3) is 5.40. The first kappa shape index (κ1) is 26.9. The predicted molar refractivity (Wildman–Crippen MR) is 147 cm³/mol. The van der Waals surface area contributed by atoms with Crippen LogP contribution in [0.25, 0.3) is 28.0 Å². The molecule has 1 fully saturated rings. The van der Waals surface area contributed by atoms with Gasteiger partial charge in [0.05, 0.1) is 66.9 Å². The Morgan fingerprint density at radius 2 is 1.85 bits per heavy atom. The van der Waals surface area contributed by atoms with Gasteiger partial charge in [-0.2, -0.15) is 15.3 Å². The highest BCUT2D eigenvalue weighted by molar-refractivity contribution is 5.78. The summed E-state index contributed by atoms with van der Waals surface area (Å²) in [6, 6.07) is 2.08. The third-order valence-corrected chi connectivity index (χ3v) is 7.07. The van der Waals surface area contributed by atoms with Crippen molar-refractivity contribution in [2.24, 2.45) is 0 Å². The lowest BCUT2D eigenvalue weighted by Gasteiger charge is -2.35. The Morgan fingerprint density at radius 3 is 2.56 bits per heavy atom. The zero-order valence-corrected chi connectivity index (χ0v) is 23.8. The molecule has 5 rings (SSSR count). The average molecular weight is 535 g/mol. The van der Waals surface area contributed by atoms with Gasteiger partial charge >= 0.3 is 6.09 Å². The molecule has 0 radical (unpaired) electrons. The fourth-order valence-corrected chi connectivity index (χ4v) is 5.11. The molecule has 1 atom stereocenters. The Labute approximate surface area is 228 Å². The van der Waals surface area contributed by atoms with Crippen molar-refractivity contribution in [2.45, 2.75) is 91.3 Å². The number of aromatic nitrogens is 7. The van der Waals surface area contributed by atoms with Crippen molar-refractivity contribution in [3.05, 3.63) is 43.2 Å². The normalized spacial score (nSPS) is 17.4. The fraction of sp³-hybridized carbons (Fsp3) is 0.536. The van der Waals surface area contributed by atoms with E-state index in [9.17, 15) is 4.79 Å². The zero-order valence-electron chi connectivity index (χ0n) is 23.8. The van der Waals surface area contributed by atoms with Crippen LogP contribution in [-0.2, 0) is 16.0 Å². The van der Waals surface area contributed by atoms with Gasteiger partial charge in [0.15, 0.2) is 0 Å². The maximum absolute atomic E-state index is 13.0. The van der Waals surface area contributed by atoms with Crippen LogP contribution < -0.4 is 0 Å². The minimum Gasteiger partial charge on any atom is -0.444 e. The van der Waals surface area contributed by atoms with Gasteiger partial charge in [-0.15, -0.1) is 0 Å². The maximum Gasteiger partial charge on any atom is 0.412 e. The van der Waals surface area contributed by atoms with Gasteiger partial charge in [-0.25, -0.2) is 14.3 Å². The second kappa shape index (κ2) is 10.1. The number of carbonyl (C=O) groups is 1. The Balaban J connectivity index is 1.42. The van der Waals surface area contributed by atoms with Gasteiger partial charge in [-0.1, -0.05) is 13.8 Å². The van der Waals surface area contributed by atoms with Gasteiger partial charge in [0.25, 0.3) is 0 Å². The van der Waals surface area contributed by atoms with Crippen molar-refractivity contribution in [1.29, 1.82) is 0 Å². The number of hydrogen-bond donors (Lipinski definition) is 0. The average Bonchev–Trinajstić information content (AvgIpc) is 3.65. The Bertz CT molecular complexity index is 1460. The van der Waals surface area contributed by atoms with Crippen LogP contribution in [0.15, 0.2) is 43.2 Å². The van der Waals surface area contributed by atoms with Crippen LogP contribution in [0.1, 0.15) is 67.3 Å². The van der Waals surface area contributed by atoms with Crippen LogP contribution in [-0.4, -0.2) is 69.1 Å². The van der Waals surface area contributed by atoms with Gasteiger partial charge in [0.1, 0.15) is 11.3 Å². The van der Waals surface area contributed by atoms with Crippen LogP contribution in [0.5, 0.6) is 0 Å². The van der Waals surface area contributed by atoms with Crippen LogP contribution in [0.4, 0.5) is 4.79 Å². The summed E-state index contributed by atoms with van der Waals surface area (Å²) in [4.78, 5) is 19.7. The molecule has 1 aliphatic rings. The highest BCUT2D eigenvalue weighted by atomic mass is 16.6. The minimum atomic E-state index is -0.774. The van der Waals surface area contributed by atoms with Gasteiger partial charge in [-0.05, 0) is 53.5 Å². The summed E-state index contributed by atoms with van der Waals surface area (Å²) in [5.41, 5.74) is 2.89. The molecule has 4 aromatic heterocycles. The molecule has 11 heteroatoms. The van der Waals surface area contributed by atoms with Gasteiger partial charge in [0.2, 0.25) is 0 Å². The van der Waals surface area contributed by atoms with E-state index in [1.165, 1.54) is 0 Å². The molecule has 208 valence electrons. The number of carbonyl (C=O) groups excluding carboxylic acids is 1. The van der Waals surface area contributed by atoms with Gasteiger partial charge in [0, 0.05) is 23.5 Å². The summed E-state index contributed by atoms with van der Waals surface area (Å²) >= 11 is 0. The summed E-state index contributed by atoms with van der Waals surface area (Å²) in [6.07, 6.45) is 13.0. The van der Waals surface area contributed by atoms with E-state index in [2.05, 4.69) is 35.3 Å². The SMILES string of the molecule is CCC(CC)n1cc(-c2nc(-c3cnn(C[C@H]4COC(C)(C)N4C(=O)OC(C)(C)C)c3)cn3nccc23)cn1. The molecule has 0 aromatic carbocycles. The standard InChI is InChI=1S/C28H38N8O3/c1-8-21(9-2)34-15-20(13-31-34)25-24-10-11-29-35(24)17-23(32-25)19-12-30-33(14-19)16-22-18-38-28(6,7)36(22)26(37)39-27(3,4)5/h10-15,17,21-22H,8-9,16,18H2,1-7H3/t22-/m0/s1. The first-order valence-corrected chi connectivity index (χ1v) is 13.6. The van der Waals surface area contributed by atoms with E-state index in [-0.39, 0.29) is 6.04 Å². The van der Waals surface area contributed by atoms with Crippen molar-refractivity contribution < 1.29 is 14.3 Å². The highest BCUT2D eigenvalue weighted by Crippen LogP contribution is 2.31. The minimum absolute atomic E-state index is 0.226. The summed E-state index contributed by atoms with van der Waals surface area (Å²) < 4.78 is 17.3. The molecule has 11 nitrogen and oxygen atoms in total. The number of ether oxygens (including phenoxy) is 2. The van der Waals surface area contributed by atoms with E-state index in [4.69, 9.17) is 14.5 Å². The predicted octanol–water partition coefficient (Wildman–Crippen LogP) is 5.19. The number of fused-ring (bicyclic) bond motifs is 1. The molecule has 0 aliphatic carbocycles. The quantitative estimate of drug-likeness (QED) is 0.321. The molecule has 1 amide bonds. The molecule has 1 saturated heterocycles. The van der Waals surface area contributed by atoms with E-state index in [1.807, 2.05) is 73.2 Å². The molecular formula is C28H38N8O3. The monoisotopic (exact) mass is 534 g/mol. The largest absolute Gasteiger partial charge is 0.444 e. The molecule has 0 bridgehead atoms. The lowest BCUT2D eigenvalue weighted by atomic mass is 10.1. The highest BCUT2D eigenvalue weighted by Gasteiger charge is 2.45. The molecular weight excluding hydrogens is 496 g/mol. The molecule has 0 spiro atoms. The first-order chi connectivity index (χ1) is 18.5. The topological polar surface area (TPSA) is 105 Å². The summed E-state index contributed by atoms with van der Waals surface area (Å²) in [6.45, 7) is 14.5. The van der Waals surface area contributed by atoms with Crippen LogP contribution in [0, 0.1) is 0 Å². The van der Waals surface area contributed by atoms with Gasteiger partial charge < -0.3 is 9.47 Å². The van der Waals surface area contributed by atoms with Crippen molar-refractivity contribution >= 4 is 11.6 Å². The molecule has 0 N–H and O–H groups in total. The van der Waals surface area contributed by atoms with E-state index < -0.39 is 17.4 Å². The van der Waals surface area contributed by atoms with E-state index in [0.29, 0.717) is 19.2 Å². The number of rotatable bonds is 7. The lowest BCUT2D eigenvalue weighted by Crippen LogP contribution is -2.50. The third-order valence-electron chi connectivity index (χ3n) is 7.07. The van der Waals surface area contributed by atoms with Crippen LogP contribution >= 0.6 is 0 Å². The first-order valence-electron chi connectivity index (χ1n) is 13.6. The number of nitrogens with zero attached hydrogens (tertiary/aromatic N) is 8. The van der Waals surface area contributed by atoms with Crippen molar-refractivity contribution in [3.8, 4) is 22.5 Å². The molecule has 0 saturated carbocycles. The van der Waals surface area contributed by atoms with Gasteiger partial charge in [-0.3, -0.25) is 14.3 Å². The molecule has 39 heavy (non-hydrogen) atoms. The molecule has 4 aromatic rings. The van der Waals surface area contributed by atoms with Crippen molar-refractivity contribution in [1.82, 2.24) is 39.1 Å². The Morgan fingerprint density at radius 1 is 1.10 bits per heavy atom. The van der Waals surface area contributed by atoms with Crippen LogP contribution in [0.3, 0.4) is 0 Å². The second-order valence-corrected chi connectivity index (χ2v) is 11.5. The Kier molecular flexibility index (Phi) is 6.96. The summed E-state index contributed by atoms with van der Waals surface area (Å²) in [5, 5.41) is 13.7. The molecule has 5 heterocycles. The van der Waals surface area contributed by atoms with E-state index in [1.54, 1.807) is 17.3 Å². The fourth-order valence-electron chi connectivity index (χ4n) is 5.11. The Hall–Kier alpha value is -3.73. The number of amides is 1. The van der Waals surface area contributed by atoms with Crippen LogP contribution in [0.2, 0.25) is 0 Å². The molecule has 1 aliphatic heterocycles. The maximum atomic E-state index is 13.0. The lowest BCUT2D eigenvalue weighted by molar-refractivity contribution is -0.0630. The number of hydrogen-bond acceptors (Lipinski definition) is 7. The smallest absolute Gasteiger partial charge is 0.412 e. The van der Waals surface area contributed by atoms with Crippen molar-refractivity contribution in [3.63, 3.8) is 0 Å². The summed E-state index contributed by atoms with van der Waals surface area (Å²) in [5.74, 6) is 0. The van der Waals surface area contributed by atoms with Crippen molar-refractivity contribution in [2.75, 3.05) is 6.61 Å². The second-order valence-electron chi connectivity index (χ2n) is 11.5. The summed E-state index contributed by atoms with van der Waals surface area (Å²) in [7, 11) is 0.